The summed E-state index contributed by atoms with van der Waals surface area (Å²) >= 11 is 0. The Bertz CT molecular complexity index is 167. The van der Waals surface area contributed by atoms with Crippen molar-refractivity contribution in [3.8, 4) is 0 Å². The van der Waals surface area contributed by atoms with E-state index in [4.69, 9.17) is 20.7 Å². The van der Waals surface area contributed by atoms with Crippen LogP contribution in [-0.2, 0) is 14.3 Å². The molecule has 0 unspecified atom stereocenters. The van der Waals surface area contributed by atoms with Crippen molar-refractivity contribution in [2.45, 2.75) is 6.92 Å². The van der Waals surface area contributed by atoms with Crippen molar-refractivity contribution in [3.05, 3.63) is 12.2 Å². The van der Waals surface area contributed by atoms with Gasteiger partial charge in [0.05, 0.1) is 0 Å². The lowest BCUT2D eigenvalue weighted by Crippen LogP contribution is -2.10. The van der Waals surface area contributed by atoms with Crippen LogP contribution in [0.1, 0.15) is 6.92 Å². The number of carbonyl (C=O) groups is 2. The SMILES string of the molecule is C=C(C)C(N)=O.COC.O=C(O)CO. The summed E-state index contributed by atoms with van der Waals surface area (Å²) in [4.78, 5) is 18.9. The predicted octanol–water partition coefficient (Wildman–Crippen LogP) is -0.626. The summed E-state index contributed by atoms with van der Waals surface area (Å²) in [6.07, 6.45) is 0. The molecular weight excluding hydrogens is 190 g/mol. The second-order valence-electron chi connectivity index (χ2n) is 2.10. The minimum absolute atomic E-state index is 0.398. The number of methoxy groups -OCH3 is 1. The van der Waals surface area contributed by atoms with Crippen molar-refractivity contribution in [1.29, 1.82) is 0 Å². The van der Waals surface area contributed by atoms with Gasteiger partial charge in [0.25, 0.3) is 0 Å². The average molecular weight is 207 g/mol. The van der Waals surface area contributed by atoms with Gasteiger partial charge in [-0.1, -0.05) is 6.58 Å². The summed E-state index contributed by atoms with van der Waals surface area (Å²) in [5, 5.41) is 15.0. The van der Waals surface area contributed by atoms with E-state index in [9.17, 15) is 4.79 Å². The fraction of sp³-hybridized carbons (Fsp3) is 0.500. The topological polar surface area (TPSA) is 110 Å². The highest BCUT2D eigenvalue weighted by molar-refractivity contribution is 5.90. The molecule has 14 heavy (non-hydrogen) atoms. The van der Waals surface area contributed by atoms with E-state index in [0.29, 0.717) is 5.57 Å². The highest BCUT2D eigenvalue weighted by Gasteiger charge is 1.86. The Kier molecular flexibility index (Phi) is 18.6. The van der Waals surface area contributed by atoms with Gasteiger partial charge in [-0.3, -0.25) is 4.79 Å². The molecule has 0 aliphatic heterocycles. The molecule has 0 fully saturated rings. The second-order valence-corrected chi connectivity index (χ2v) is 2.10. The van der Waals surface area contributed by atoms with Gasteiger partial charge in [-0.05, 0) is 6.92 Å². The Morgan fingerprint density at radius 2 is 1.57 bits per heavy atom. The van der Waals surface area contributed by atoms with Crippen LogP contribution in [0, 0.1) is 0 Å². The summed E-state index contributed by atoms with van der Waals surface area (Å²) in [5.74, 6) is -1.62. The quantitative estimate of drug-likeness (QED) is 0.522. The minimum Gasteiger partial charge on any atom is -0.480 e. The molecule has 0 spiro atoms. The number of aliphatic hydroxyl groups excluding tert-OH is 1. The van der Waals surface area contributed by atoms with Crippen molar-refractivity contribution in [2.75, 3.05) is 20.8 Å². The Hall–Kier alpha value is -1.40. The molecule has 0 aromatic heterocycles. The molecular formula is C8H17NO5. The molecule has 0 heterocycles. The fourth-order valence-electron chi connectivity index (χ4n) is 0. The number of aliphatic hydroxyl groups is 1. The first-order valence-electron chi connectivity index (χ1n) is 3.51. The van der Waals surface area contributed by atoms with Gasteiger partial charge in [-0.2, -0.15) is 0 Å². The van der Waals surface area contributed by atoms with Crippen molar-refractivity contribution in [1.82, 2.24) is 0 Å². The zero-order valence-corrected chi connectivity index (χ0v) is 8.61. The van der Waals surface area contributed by atoms with E-state index in [2.05, 4.69) is 11.3 Å². The number of ether oxygens (including phenoxy) is 1. The lowest BCUT2D eigenvalue weighted by molar-refractivity contribution is -0.140. The van der Waals surface area contributed by atoms with Gasteiger partial charge in [0, 0.05) is 19.8 Å². The minimum atomic E-state index is -1.19. The van der Waals surface area contributed by atoms with Crippen LogP contribution in [0.2, 0.25) is 0 Å². The van der Waals surface area contributed by atoms with Gasteiger partial charge in [-0.25, -0.2) is 4.79 Å². The normalized spacial score (nSPS) is 7.14. The van der Waals surface area contributed by atoms with Gasteiger partial charge in [0.15, 0.2) is 0 Å². The molecule has 0 aromatic rings. The van der Waals surface area contributed by atoms with Crippen molar-refractivity contribution in [2.24, 2.45) is 5.73 Å². The Labute approximate surface area is 83.0 Å². The van der Waals surface area contributed by atoms with E-state index in [1.807, 2.05) is 0 Å². The number of rotatable bonds is 2. The fourth-order valence-corrected chi connectivity index (χ4v) is 0. The van der Waals surface area contributed by atoms with Crippen LogP contribution in [-0.4, -0.2) is 42.9 Å². The monoisotopic (exact) mass is 207 g/mol. The van der Waals surface area contributed by atoms with E-state index >= 15 is 0 Å². The highest BCUT2D eigenvalue weighted by atomic mass is 16.4. The van der Waals surface area contributed by atoms with Gasteiger partial charge < -0.3 is 20.7 Å². The zero-order valence-electron chi connectivity index (χ0n) is 8.61. The molecule has 0 aliphatic carbocycles. The molecule has 0 aromatic carbocycles. The second kappa shape index (κ2) is 14.1. The van der Waals surface area contributed by atoms with Gasteiger partial charge in [0.2, 0.25) is 5.91 Å². The first-order chi connectivity index (χ1) is 6.33. The zero-order chi connectivity index (χ0) is 12.1. The largest absolute Gasteiger partial charge is 0.480 e. The number of aliphatic carboxylic acids is 1. The molecule has 4 N–H and O–H groups in total. The number of carboxylic acid groups (broad SMARTS) is 1. The smallest absolute Gasteiger partial charge is 0.329 e. The summed E-state index contributed by atoms with van der Waals surface area (Å²) in [6.45, 7) is 4.07. The van der Waals surface area contributed by atoms with E-state index in [1.165, 1.54) is 0 Å². The van der Waals surface area contributed by atoms with E-state index in [-0.39, 0.29) is 0 Å². The van der Waals surface area contributed by atoms with Gasteiger partial charge >= 0.3 is 5.97 Å². The van der Waals surface area contributed by atoms with Crippen molar-refractivity contribution >= 4 is 11.9 Å². The molecule has 84 valence electrons. The number of amides is 1. The molecule has 0 atom stereocenters. The van der Waals surface area contributed by atoms with E-state index in [0.717, 1.165) is 0 Å². The summed E-state index contributed by atoms with van der Waals surface area (Å²) in [6, 6.07) is 0. The van der Waals surface area contributed by atoms with Crippen LogP contribution in [0.5, 0.6) is 0 Å². The third-order valence-corrected chi connectivity index (χ3v) is 0.556. The van der Waals surface area contributed by atoms with Gasteiger partial charge in [-0.15, -0.1) is 0 Å². The highest BCUT2D eigenvalue weighted by Crippen LogP contribution is 1.78. The maximum atomic E-state index is 9.82. The summed E-state index contributed by atoms with van der Waals surface area (Å²) < 4.78 is 4.25. The molecule has 0 aliphatic rings. The van der Waals surface area contributed by atoms with E-state index < -0.39 is 18.5 Å². The Morgan fingerprint density at radius 1 is 1.43 bits per heavy atom. The standard InChI is InChI=1S/C4H7NO.C2H4O3.C2H6O/c1-3(2)4(5)6;3-1-2(4)5;1-3-2/h1H2,2H3,(H2,5,6);3H,1H2,(H,4,5);1-2H3. The van der Waals surface area contributed by atoms with E-state index in [1.54, 1.807) is 21.1 Å². The lowest BCUT2D eigenvalue weighted by Gasteiger charge is -1.81. The number of nitrogens with two attached hydrogens (primary N) is 1. The Balaban J connectivity index is -0.000000138. The first-order valence-corrected chi connectivity index (χ1v) is 3.51. The number of hydrogen-bond acceptors (Lipinski definition) is 4. The Morgan fingerprint density at radius 3 is 1.57 bits per heavy atom. The van der Waals surface area contributed by atoms with Crippen LogP contribution in [0.3, 0.4) is 0 Å². The summed E-state index contributed by atoms with van der Waals surface area (Å²) in [7, 11) is 3.25. The lowest BCUT2D eigenvalue weighted by atomic mass is 10.3. The van der Waals surface area contributed by atoms with Crippen molar-refractivity contribution in [3.63, 3.8) is 0 Å². The molecule has 0 rings (SSSR count). The van der Waals surface area contributed by atoms with Crippen LogP contribution < -0.4 is 5.73 Å². The maximum Gasteiger partial charge on any atom is 0.329 e. The number of hydrogen-bond donors (Lipinski definition) is 3. The van der Waals surface area contributed by atoms with Crippen LogP contribution >= 0.6 is 0 Å². The maximum absolute atomic E-state index is 9.82. The number of primary amides is 1. The van der Waals surface area contributed by atoms with Crippen LogP contribution in [0.4, 0.5) is 0 Å². The first kappa shape index (κ1) is 18.4. The van der Waals surface area contributed by atoms with Gasteiger partial charge in [0.1, 0.15) is 6.61 Å². The number of carbonyl (C=O) groups excluding carboxylic acids is 1. The molecule has 0 saturated heterocycles. The van der Waals surface area contributed by atoms with Crippen LogP contribution in [0.25, 0.3) is 0 Å². The molecule has 0 saturated carbocycles. The molecule has 6 heteroatoms. The molecule has 1 amide bonds. The third kappa shape index (κ3) is 46.2. The van der Waals surface area contributed by atoms with Crippen molar-refractivity contribution < 1.29 is 24.5 Å². The molecule has 6 nitrogen and oxygen atoms in total. The number of carboxylic acids is 1. The van der Waals surface area contributed by atoms with Crippen LogP contribution in [0.15, 0.2) is 12.2 Å². The predicted molar refractivity (Wildman–Crippen MR) is 51.7 cm³/mol. The molecule has 0 radical (unpaired) electrons. The summed E-state index contributed by atoms with van der Waals surface area (Å²) in [5.41, 5.74) is 5.09. The molecule has 0 bridgehead atoms. The average Bonchev–Trinajstić information content (AvgIpc) is 2.06. The third-order valence-electron chi connectivity index (χ3n) is 0.556.